The molecular formula is C17H25NO5. The van der Waals surface area contributed by atoms with Gasteiger partial charge in [0.1, 0.15) is 0 Å². The Morgan fingerprint density at radius 1 is 1.09 bits per heavy atom. The van der Waals surface area contributed by atoms with E-state index in [1.807, 2.05) is 13.8 Å². The second-order valence-corrected chi connectivity index (χ2v) is 5.62. The first-order valence-corrected chi connectivity index (χ1v) is 7.59. The standard InChI is InChI=1S/C17H25NO5/c1-11(2)6-9-16(19)23-12(3)17(20)18-13-7-8-14(21-4)15(10-13)22-5/h7-8,10-12H,6,9H2,1-5H3,(H,18,20). The number of rotatable bonds is 8. The molecule has 0 aliphatic rings. The second kappa shape index (κ2) is 9.02. The van der Waals surface area contributed by atoms with Gasteiger partial charge >= 0.3 is 5.97 Å². The molecule has 0 heterocycles. The Morgan fingerprint density at radius 2 is 1.74 bits per heavy atom. The summed E-state index contributed by atoms with van der Waals surface area (Å²) in [6.07, 6.45) is 0.192. The third-order valence-corrected chi connectivity index (χ3v) is 3.25. The first-order chi connectivity index (χ1) is 10.9. The summed E-state index contributed by atoms with van der Waals surface area (Å²) >= 11 is 0. The Labute approximate surface area is 137 Å². The van der Waals surface area contributed by atoms with E-state index in [0.717, 1.165) is 6.42 Å². The average Bonchev–Trinajstić information content (AvgIpc) is 2.52. The molecule has 1 rings (SSSR count). The molecule has 0 aliphatic carbocycles. The number of hydrogen-bond acceptors (Lipinski definition) is 5. The third-order valence-electron chi connectivity index (χ3n) is 3.25. The van der Waals surface area contributed by atoms with Crippen LogP contribution in [0.2, 0.25) is 0 Å². The summed E-state index contributed by atoms with van der Waals surface area (Å²) in [6.45, 7) is 5.60. The number of ether oxygens (including phenoxy) is 3. The van der Waals surface area contributed by atoms with Crippen LogP contribution in [0.4, 0.5) is 5.69 Å². The van der Waals surface area contributed by atoms with E-state index in [-0.39, 0.29) is 5.97 Å². The number of carbonyl (C=O) groups is 2. The van der Waals surface area contributed by atoms with Crippen molar-refractivity contribution in [3.05, 3.63) is 18.2 Å². The topological polar surface area (TPSA) is 73.9 Å². The van der Waals surface area contributed by atoms with Gasteiger partial charge in [-0.3, -0.25) is 9.59 Å². The fourth-order valence-corrected chi connectivity index (χ4v) is 1.87. The Kier molecular flexibility index (Phi) is 7.38. The van der Waals surface area contributed by atoms with Crippen LogP contribution in [0.1, 0.15) is 33.6 Å². The fourth-order valence-electron chi connectivity index (χ4n) is 1.87. The lowest BCUT2D eigenvalue weighted by Crippen LogP contribution is -2.30. The molecule has 0 spiro atoms. The highest BCUT2D eigenvalue weighted by Gasteiger charge is 2.18. The zero-order valence-corrected chi connectivity index (χ0v) is 14.3. The molecule has 0 saturated heterocycles. The number of anilines is 1. The molecule has 0 aromatic heterocycles. The molecule has 6 nitrogen and oxygen atoms in total. The van der Waals surface area contributed by atoms with Crippen molar-refractivity contribution in [2.45, 2.75) is 39.7 Å². The lowest BCUT2D eigenvalue weighted by molar-refractivity contribution is -0.153. The van der Waals surface area contributed by atoms with Crippen LogP contribution in [-0.2, 0) is 14.3 Å². The molecule has 0 aliphatic heterocycles. The van der Waals surface area contributed by atoms with Gasteiger partial charge in [0.2, 0.25) is 0 Å². The van der Waals surface area contributed by atoms with E-state index in [9.17, 15) is 9.59 Å². The maximum atomic E-state index is 12.1. The molecule has 1 amide bonds. The minimum absolute atomic E-state index is 0.311. The van der Waals surface area contributed by atoms with Crippen LogP contribution in [0.15, 0.2) is 18.2 Å². The summed E-state index contributed by atoms with van der Waals surface area (Å²) in [5.41, 5.74) is 0.540. The molecule has 0 saturated carbocycles. The number of nitrogens with one attached hydrogen (secondary N) is 1. The Hall–Kier alpha value is -2.24. The van der Waals surface area contributed by atoms with Crippen molar-refractivity contribution in [1.82, 2.24) is 0 Å². The number of amides is 1. The van der Waals surface area contributed by atoms with E-state index >= 15 is 0 Å². The highest BCUT2D eigenvalue weighted by molar-refractivity contribution is 5.95. The molecule has 23 heavy (non-hydrogen) atoms. The third kappa shape index (κ3) is 6.18. The van der Waals surface area contributed by atoms with Gasteiger partial charge in [-0.2, -0.15) is 0 Å². The molecule has 0 radical (unpaired) electrons. The minimum Gasteiger partial charge on any atom is -0.493 e. The first-order valence-electron chi connectivity index (χ1n) is 7.59. The van der Waals surface area contributed by atoms with Crippen molar-refractivity contribution >= 4 is 17.6 Å². The average molecular weight is 323 g/mol. The predicted molar refractivity (Wildman–Crippen MR) is 87.8 cm³/mol. The van der Waals surface area contributed by atoms with Crippen molar-refractivity contribution < 1.29 is 23.8 Å². The summed E-state index contributed by atoms with van der Waals surface area (Å²) in [7, 11) is 3.05. The van der Waals surface area contributed by atoms with Crippen molar-refractivity contribution in [2.75, 3.05) is 19.5 Å². The molecule has 128 valence electrons. The fraction of sp³-hybridized carbons (Fsp3) is 0.529. The molecule has 1 atom stereocenters. The van der Waals surface area contributed by atoms with Gasteiger partial charge in [0.25, 0.3) is 5.91 Å². The predicted octanol–water partition coefficient (Wildman–Crippen LogP) is 3.01. The molecular weight excluding hydrogens is 298 g/mol. The molecule has 1 N–H and O–H groups in total. The minimum atomic E-state index is -0.859. The number of benzene rings is 1. The van der Waals surface area contributed by atoms with Gasteiger partial charge in [0.15, 0.2) is 17.6 Å². The lowest BCUT2D eigenvalue weighted by atomic mass is 10.1. The summed E-state index contributed by atoms with van der Waals surface area (Å²) in [4.78, 5) is 23.7. The molecule has 1 aromatic carbocycles. The van der Waals surface area contributed by atoms with Crippen LogP contribution >= 0.6 is 0 Å². The molecule has 1 aromatic rings. The van der Waals surface area contributed by atoms with Crippen LogP contribution in [0, 0.1) is 5.92 Å². The second-order valence-electron chi connectivity index (χ2n) is 5.62. The lowest BCUT2D eigenvalue weighted by Gasteiger charge is -2.15. The molecule has 6 heteroatoms. The summed E-state index contributed by atoms with van der Waals surface area (Å²) in [5, 5.41) is 2.69. The van der Waals surface area contributed by atoms with Crippen molar-refractivity contribution in [2.24, 2.45) is 5.92 Å². The highest BCUT2D eigenvalue weighted by Crippen LogP contribution is 2.29. The largest absolute Gasteiger partial charge is 0.493 e. The van der Waals surface area contributed by atoms with Gasteiger partial charge in [0.05, 0.1) is 14.2 Å². The summed E-state index contributed by atoms with van der Waals surface area (Å²) in [5.74, 6) is 0.729. The van der Waals surface area contributed by atoms with E-state index in [1.165, 1.54) is 14.2 Å². The smallest absolute Gasteiger partial charge is 0.306 e. The van der Waals surface area contributed by atoms with Gasteiger partial charge in [-0.1, -0.05) is 13.8 Å². The van der Waals surface area contributed by atoms with Gasteiger partial charge in [-0.25, -0.2) is 0 Å². The van der Waals surface area contributed by atoms with Crippen molar-refractivity contribution in [1.29, 1.82) is 0 Å². The van der Waals surface area contributed by atoms with Crippen LogP contribution in [0.5, 0.6) is 11.5 Å². The van der Waals surface area contributed by atoms with Crippen LogP contribution < -0.4 is 14.8 Å². The maximum Gasteiger partial charge on any atom is 0.306 e. The molecule has 0 fully saturated rings. The van der Waals surface area contributed by atoms with Gasteiger partial charge in [-0.05, 0) is 31.4 Å². The van der Waals surface area contributed by atoms with Gasteiger partial charge < -0.3 is 19.5 Å². The maximum absolute atomic E-state index is 12.1. The van der Waals surface area contributed by atoms with Crippen molar-refractivity contribution in [3.63, 3.8) is 0 Å². The highest BCUT2D eigenvalue weighted by atomic mass is 16.5. The van der Waals surface area contributed by atoms with E-state index in [1.54, 1.807) is 25.1 Å². The molecule has 1 unspecified atom stereocenters. The zero-order valence-electron chi connectivity index (χ0n) is 14.3. The van der Waals surface area contributed by atoms with Crippen LogP contribution in [-0.4, -0.2) is 32.2 Å². The number of carbonyl (C=O) groups excluding carboxylic acids is 2. The van der Waals surface area contributed by atoms with Gasteiger partial charge in [0, 0.05) is 18.2 Å². The first kappa shape index (κ1) is 18.8. The SMILES string of the molecule is COc1ccc(NC(=O)C(C)OC(=O)CCC(C)C)cc1OC. The number of hydrogen-bond donors (Lipinski definition) is 1. The number of methoxy groups -OCH3 is 2. The zero-order chi connectivity index (χ0) is 17.4. The monoisotopic (exact) mass is 323 g/mol. The Bertz CT molecular complexity index is 542. The van der Waals surface area contributed by atoms with Crippen LogP contribution in [0.3, 0.4) is 0 Å². The summed E-state index contributed by atoms with van der Waals surface area (Å²) in [6, 6.07) is 5.02. The quantitative estimate of drug-likeness (QED) is 0.744. The summed E-state index contributed by atoms with van der Waals surface area (Å²) < 4.78 is 15.4. The van der Waals surface area contributed by atoms with Crippen LogP contribution in [0.25, 0.3) is 0 Å². The number of esters is 1. The van der Waals surface area contributed by atoms with E-state index < -0.39 is 12.0 Å². The van der Waals surface area contributed by atoms with E-state index in [4.69, 9.17) is 14.2 Å². The Balaban J connectivity index is 2.59. The molecule has 0 bridgehead atoms. The Morgan fingerprint density at radius 3 is 2.30 bits per heavy atom. The van der Waals surface area contributed by atoms with E-state index in [0.29, 0.717) is 29.5 Å². The van der Waals surface area contributed by atoms with Gasteiger partial charge in [-0.15, -0.1) is 0 Å². The normalized spacial score (nSPS) is 11.7. The van der Waals surface area contributed by atoms with E-state index in [2.05, 4.69) is 5.32 Å². The van der Waals surface area contributed by atoms with Crippen molar-refractivity contribution in [3.8, 4) is 11.5 Å².